The van der Waals surface area contributed by atoms with Gasteiger partial charge in [-0.3, -0.25) is 10.1 Å². The van der Waals surface area contributed by atoms with E-state index in [1.54, 1.807) is 0 Å². The molecule has 2 aliphatic heterocycles. The molecule has 1 saturated heterocycles. The summed E-state index contributed by atoms with van der Waals surface area (Å²) in [7, 11) is 0. The zero-order chi connectivity index (χ0) is 9.80. The average molecular weight is 197 g/mol. The Bertz CT molecular complexity index is 246. The van der Waals surface area contributed by atoms with E-state index in [-0.39, 0.29) is 12.5 Å². The summed E-state index contributed by atoms with van der Waals surface area (Å²) in [6.07, 6.45) is 2.18. The second-order valence-corrected chi connectivity index (χ2v) is 3.65. The van der Waals surface area contributed by atoms with Gasteiger partial charge in [-0.2, -0.15) is 0 Å². The first-order valence-corrected chi connectivity index (χ1v) is 5.00. The molecule has 0 aromatic carbocycles. The normalized spacial score (nSPS) is 23.1. The Kier molecular flexibility index (Phi) is 2.98. The molecule has 2 aliphatic rings. The second-order valence-electron chi connectivity index (χ2n) is 3.65. The number of aliphatic imine (C=N–C) groups is 1. The number of carbonyl (C=O) groups is 1. The third kappa shape index (κ3) is 2.45. The summed E-state index contributed by atoms with van der Waals surface area (Å²) < 4.78 is 5.26. The van der Waals surface area contributed by atoms with Crippen LogP contribution in [0, 0.1) is 5.92 Å². The number of hydrogen-bond acceptors (Lipinski definition) is 4. The summed E-state index contributed by atoms with van der Waals surface area (Å²) in [6, 6.07) is 0. The smallest absolute Gasteiger partial charge is 0.248 e. The highest BCUT2D eigenvalue weighted by atomic mass is 16.5. The van der Waals surface area contributed by atoms with E-state index in [9.17, 15) is 4.79 Å². The van der Waals surface area contributed by atoms with Crippen molar-refractivity contribution < 1.29 is 9.53 Å². The maximum absolute atomic E-state index is 10.8. The van der Waals surface area contributed by atoms with Crippen LogP contribution in [0.1, 0.15) is 12.8 Å². The van der Waals surface area contributed by atoms with Gasteiger partial charge in [0.25, 0.3) is 0 Å². The first-order chi connectivity index (χ1) is 6.84. The van der Waals surface area contributed by atoms with Crippen LogP contribution in [0.2, 0.25) is 0 Å². The van der Waals surface area contributed by atoms with Crippen molar-refractivity contribution in [2.24, 2.45) is 10.9 Å². The van der Waals surface area contributed by atoms with Crippen molar-refractivity contribution in [1.82, 2.24) is 10.6 Å². The molecule has 0 saturated carbocycles. The summed E-state index contributed by atoms with van der Waals surface area (Å²) in [5, 5.41) is 5.81. The molecular weight excluding hydrogens is 182 g/mol. The van der Waals surface area contributed by atoms with Gasteiger partial charge >= 0.3 is 0 Å². The summed E-state index contributed by atoms with van der Waals surface area (Å²) in [5.41, 5.74) is 0. The van der Waals surface area contributed by atoms with E-state index in [0.29, 0.717) is 11.9 Å². The van der Waals surface area contributed by atoms with Crippen LogP contribution < -0.4 is 10.6 Å². The average Bonchev–Trinajstić information content (AvgIpc) is 2.63. The number of rotatable bonds is 2. The molecule has 0 aromatic rings. The van der Waals surface area contributed by atoms with Crippen LogP contribution in [-0.2, 0) is 9.53 Å². The quantitative estimate of drug-likeness (QED) is 0.626. The molecule has 0 bridgehead atoms. The summed E-state index contributed by atoms with van der Waals surface area (Å²) >= 11 is 0. The predicted molar refractivity (Wildman–Crippen MR) is 52.0 cm³/mol. The second kappa shape index (κ2) is 4.41. The standard InChI is InChI=1S/C9H15N3O2/c13-8-6-11-9(12-8)10-5-7-1-3-14-4-2-7/h7H,1-6H2,(H2,10,11,12,13). The minimum absolute atomic E-state index is 0.0283. The predicted octanol–water partition coefficient (Wildman–Crippen LogP) is -0.512. The van der Waals surface area contributed by atoms with Gasteiger partial charge in [0, 0.05) is 19.8 Å². The molecule has 5 nitrogen and oxygen atoms in total. The minimum atomic E-state index is -0.0283. The van der Waals surface area contributed by atoms with Gasteiger partial charge in [-0.05, 0) is 18.8 Å². The number of guanidine groups is 1. The van der Waals surface area contributed by atoms with Gasteiger partial charge < -0.3 is 10.1 Å². The Hall–Kier alpha value is -1.10. The molecule has 2 heterocycles. The van der Waals surface area contributed by atoms with E-state index in [1.807, 2.05) is 0 Å². The fraction of sp³-hybridized carbons (Fsp3) is 0.778. The monoisotopic (exact) mass is 197 g/mol. The van der Waals surface area contributed by atoms with Crippen LogP contribution in [0.5, 0.6) is 0 Å². The van der Waals surface area contributed by atoms with Crippen molar-refractivity contribution in [1.29, 1.82) is 0 Å². The van der Waals surface area contributed by atoms with Crippen LogP contribution in [0.25, 0.3) is 0 Å². The van der Waals surface area contributed by atoms with Crippen LogP contribution in [0.3, 0.4) is 0 Å². The number of amides is 1. The molecule has 5 heteroatoms. The maximum atomic E-state index is 10.8. The summed E-state index contributed by atoms with van der Waals surface area (Å²) in [4.78, 5) is 14.8. The summed E-state index contributed by atoms with van der Waals surface area (Å²) in [6.45, 7) is 2.84. The van der Waals surface area contributed by atoms with Crippen molar-refractivity contribution in [3.05, 3.63) is 0 Å². The number of nitrogens with zero attached hydrogens (tertiary/aromatic N) is 1. The molecular formula is C9H15N3O2. The minimum Gasteiger partial charge on any atom is -0.381 e. The van der Waals surface area contributed by atoms with Gasteiger partial charge in [0.05, 0.1) is 0 Å². The fourth-order valence-electron chi connectivity index (χ4n) is 1.65. The molecule has 0 aromatic heterocycles. The van der Waals surface area contributed by atoms with Crippen molar-refractivity contribution in [3.63, 3.8) is 0 Å². The Morgan fingerprint density at radius 3 is 2.93 bits per heavy atom. The Labute approximate surface area is 82.9 Å². The highest BCUT2D eigenvalue weighted by molar-refractivity contribution is 6.02. The molecule has 2 N–H and O–H groups in total. The van der Waals surface area contributed by atoms with Gasteiger partial charge in [-0.15, -0.1) is 0 Å². The van der Waals surface area contributed by atoms with Gasteiger partial charge in [0.1, 0.15) is 6.54 Å². The van der Waals surface area contributed by atoms with E-state index >= 15 is 0 Å². The molecule has 2 rings (SSSR count). The van der Waals surface area contributed by atoms with Gasteiger partial charge in [-0.25, -0.2) is 4.99 Å². The Balaban J connectivity index is 1.69. The zero-order valence-corrected chi connectivity index (χ0v) is 8.08. The molecule has 0 radical (unpaired) electrons. The lowest BCUT2D eigenvalue weighted by Gasteiger charge is -2.22. The van der Waals surface area contributed by atoms with Crippen molar-refractivity contribution in [2.45, 2.75) is 12.8 Å². The van der Waals surface area contributed by atoms with E-state index < -0.39 is 0 Å². The first kappa shape index (κ1) is 9.45. The van der Waals surface area contributed by atoms with E-state index in [0.717, 1.165) is 32.6 Å². The van der Waals surface area contributed by atoms with Crippen LogP contribution in [0.15, 0.2) is 4.99 Å². The lowest BCUT2D eigenvalue weighted by Crippen LogP contribution is -2.39. The molecule has 0 spiro atoms. The van der Waals surface area contributed by atoms with E-state index in [1.165, 1.54) is 0 Å². The zero-order valence-electron chi connectivity index (χ0n) is 8.08. The Morgan fingerprint density at radius 2 is 2.29 bits per heavy atom. The van der Waals surface area contributed by atoms with Crippen LogP contribution >= 0.6 is 0 Å². The highest BCUT2D eigenvalue weighted by Crippen LogP contribution is 2.12. The molecule has 1 fully saturated rings. The number of nitrogens with one attached hydrogen (secondary N) is 2. The summed E-state index contributed by atoms with van der Waals surface area (Å²) in [5.74, 6) is 1.24. The van der Waals surface area contributed by atoms with Crippen molar-refractivity contribution in [2.75, 3.05) is 26.3 Å². The van der Waals surface area contributed by atoms with E-state index in [4.69, 9.17) is 4.74 Å². The van der Waals surface area contributed by atoms with Gasteiger partial charge in [0.15, 0.2) is 5.96 Å². The first-order valence-electron chi connectivity index (χ1n) is 5.00. The Morgan fingerprint density at radius 1 is 1.50 bits per heavy atom. The van der Waals surface area contributed by atoms with Crippen molar-refractivity contribution in [3.8, 4) is 0 Å². The molecule has 78 valence electrons. The van der Waals surface area contributed by atoms with Crippen LogP contribution in [-0.4, -0.2) is 38.2 Å². The SMILES string of the molecule is O=C1CN=C(NCC2CCOCC2)N1. The lowest BCUT2D eigenvalue weighted by atomic mass is 10.0. The third-order valence-electron chi connectivity index (χ3n) is 2.54. The largest absolute Gasteiger partial charge is 0.381 e. The molecule has 0 atom stereocenters. The number of carbonyl (C=O) groups excluding carboxylic acids is 1. The van der Waals surface area contributed by atoms with Crippen molar-refractivity contribution >= 4 is 11.9 Å². The lowest BCUT2D eigenvalue weighted by molar-refractivity contribution is -0.117. The van der Waals surface area contributed by atoms with Gasteiger partial charge in [-0.1, -0.05) is 0 Å². The molecule has 1 amide bonds. The van der Waals surface area contributed by atoms with Gasteiger partial charge in [0.2, 0.25) is 5.91 Å². The molecule has 0 unspecified atom stereocenters. The van der Waals surface area contributed by atoms with E-state index in [2.05, 4.69) is 15.6 Å². The van der Waals surface area contributed by atoms with Crippen LogP contribution in [0.4, 0.5) is 0 Å². The number of hydrogen-bond donors (Lipinski definition) is 2. The molecule has 14 heavy (non-hydrogen) atoms. The maximum Gasteiger partial charge on any atom is 0.248 e. The number of ether oxygens (including phenoxy) is 1. The fourth-order valence-corrected chi connectivity index (χ4v) is 1.65. The third-order valence-corrected chi connectivity index (χ3v) is 2.54. The topological polar surface area (TPSA) is 62.7 Å². The highest BCUT2D eigenvalue weighted by Gasteiger charge is 2.16. The molecule has 0 aliphatic carbocycles.